The molecule has 34 heavy (non-hydrogen) atoms. The van der Waals surface area contributed by atoms with Crippen molar-refractivity contribution in [1.82, 2.24) is 15.1 Å². The van der Waals surface area contributed by atoms with Crippen LogP contribution in [0.1, 0.15) is 16.7 Å². The molecule has 1 fully saturated rings. The number of hydrogen-bond donors (Lipinski definition) is 1. The van der Waals surface area contributed by atoms with Gasteiger partial charge in [-0.3, -0.25) is 14.6 Å². The summed E-state index contributed by atoms with van der Waals surface area (Å²) in [4.78, 5) is 17.1. The monoisotopic (exact) mass is 457 g/mol. The molecule has 178 valence electrons. The first-order chi connectivity index (χ1) is 16.7. The van der Waals surface area contributed by atoms with Crippen LogP contribution in [0.2, 0.25) is 0 Å². The van der Waals surface area contributed by atoms with Gasteiger partial charge in [0.2, 0.25) is 0 Å². The van der Waals surface area contributed by atoms with Crippen molar-refractivity contribution < 1.29 is 9.53 Å². The fourth-order valence-corrected chi connectivity index (χ4v) is 4.25. The number of carbonyl (C=O) groups excluding carboxylic acids is 1. The lowest BCUT2D eigenvalue weighted by molar-refractivity contribution is -0.123. The van der Waals surface area contributed by atoms with E-state index in [4.69, 9.17) is 4.74 Å². The van der Waals surface area contributed by atoms with Crippen LogP contribution in [0, 0.1) is 0 Å². The van der Waals surface area contributed by atoms with Gasteiger partial charge in [0.25, 0.3) is 5.91 Å². The number of ether oxygens (including phenoxy) is 1. The van der Waals surface area contributed by atoms with Crippen molar-refractivity contribution >= 4 is 5.91 Å². The van der Waals surface area contributed by atoms with Crippen LogP contribution in [0.25, 0.3) is 0 Å². The number of hydrogen-bond acceptors (Lipinski definition) is 4. The summed E-state index contributed by atoms with van der Waals surface area (Å²) >= 11 is 0. The number of aryl methyl sites for hydroxylation is 2. The van der Waals surface area contributed by atoms with E-state index in [1.165, 1.54) is 16.7 Å². The van der Waals surface area contributed by atoms with Gasteiger partial charge in [-0.05, 0) is 41.7 Å². The molecule has 1 aliphatic heterocycles. The normalized spacial score (nSPS) is 14.6. The van der Waals surface area contributed by atoms with E-state index in [0.29, 0.717) is 6.54 Å². The van der Waals surface area contributed by atoms with Crippen LogP contribution in [0.15, 0.2) is 84.9 Å². The molecule has 4 rings (SSSR count). The van der Waals surface area contributed by atoms with Gasteiger partial charge in [0.05, 0.1) is 0 Å². The lowest BCUT2D eigenvalue weighted by Gasteiger charge is -2.34. The van der Waals surface area contributed by atoms with Gasteiger partial charge in [0, 0.05) is 45.8 Å². The van der Waals surface area contributed by atoms with Crippen molar-refractivity contribution in [2.75, 3.05) is 45.9 Å². The smallest absolute Gasteiger partial charge is 0.257 e. The maximum atomic E-state index is 12.2. The highest BCUT2D eigenvalue weighted by Crippen LogP contribution is 2.14. The molecule has 5 heteroatoms. The van der Waals surface area contributed by atoms with Crippen molar-refractivity contribution in [2.24, 2.45) is 0 Å². The zero-order valence-electron chi connectivity index (χ0n) is 19.9. The molecule has 0 saturated carbocycles. The highest BCUT2D eigenvalue weighted by Gasteiger charge is 2.16. The first kappa shape index (κ1) is 24.0. The van der Waals surface area contributed by atoms with Gasteiger partial charge in [0.1, 0.15) is 5.75 Å². The Bertz CT molecular complexity index is 985. The van der Waals surface area contributed by atoms with E-state index in [2.05, 4.69) is 81.8 Å². The van der Waals surface area contributed by atoms with E-state index in [0.717, 1.165) is 57.9 Å². The predicted molar refractivity (Wildman–Crippen MR) is 137 cm³/mol. The standard InChI is InChI=1S/C29H35N3O2/c33-29(24-34-28-15-13-26(14-16-28)12-11-25-7-3-1-4-8-25)30-17-18-31-19-21-32(22-20-31)23-27-9-5-2-6-10-27/h1-10,13-16H,11-12,17-24H2,(H,30,33). The van der Waals surface area contributed by atoms with Crippen molar-refractivity contribution in [3.63, 3.8) is 0 Å². The molecule has 3 aromatic carbocycles. The summed E-state index contributed by atoms with van der Waals surface area (Å²) in [7, 11) is 0. The van der Waals surface area contributed by atoms with E-state index in [1.54, 1.807) is 0 Å². The number of nitrogens with zero attached hydrogens (tertiary/aromatic N) is 2. The van der Waals surface area contributed by atoms with E-state index < -0.39 is 0 Å². The molecule has 5 nitrogen and oxygen atoms in total. The second kappa shape index (κ2) is 12.9. The minimum absolute atomic E-state index is 0.0498. The number of benzene rings is 3. The topological polar surface area (TPSA) is 44.8 Å². The number of piperazine rings is 1. The molecule has 0 aromatic heterocycles. The number of carbonyl (C=O) groups is 1. The first-order valence-electron chi connectivity index (χ1n) is 12.3. The van der Waals surface area contributed by atoms with Gasteiger partial charge in [-0.2, -0.15) is 0 Å². The van der Waals surface area contributed by atoms with Crippen molar-refractivity contribution in [3.05, 3.63) is 102 Å². The van der Waals surface area contributed by atoms with Crippen molar-refractivity contribution in [3.8, 4) is 5.75 Å². The van der Waals surface area contributed by atoms with E-state index >= 15 is 0 Å². The highest BCUT2D eigenvalue weighted by molar-refractivity contribution is 5.77. The number of rotatable bonds is 11. The second-order valence-corrected chi connectivity index (χ2v) is 8.87. The zero-order chi connectivity index (χ0) is 23.4. The summed E-state index contributed by atoms with van der Waals surface area (Å²) in [5.74, 6) is 0.656. The minimum Gasteiger partial charge on any atom is -0.484 e. The van der Waals surface area contributed by atoms with E-state index in [9.17, 15) is 4.79 Å². The molecule has 1 N–H and O–H groups in total. The number of nitrogens with one attached hydrogen (secondary N) is 1. The average molecular weight is 458 g/mol. The van der Waals surface area contributed by atoms with Crippen molar-refractivity contribution in [2.45, 2.75) is 19.4 Å². The maximum Gasteiger partial charge on any atom is 0.257 e. The van der Waals surface area contributed by atoms with Crippen LogP contribution in [-0.2, 0) is 24.2 Å². The third-order valence-corrected chi connectivity index (χ3v) is 6.30. The Hall–Kier alpha value is -3.15. The second-order valence-electron chi connectivity index (χ2n) is 8.87. The van der Waals surface area contributed by atoms with Crippen LogP contribution in [0.5, 0.6) is 5.75 Å². The summed E-state index contributed by atoms with van der Waals surface area (Å²) in [6, 6.07) is 29.2. The van der Waals surface area contributed by atoms with Crippen LogP contribution in [-0.4, -0.2) is 61.6 Å². The third-order valence-electron chi connectivity index (χ3n) is 6.30. The molecular weight excluding hydrogens is 422 g/mol. The van der Waals surface area contributed by atoms with Gasteiger partial charge in [0.15, 0.2) is 6.61 Å². The molecule has 0 radical (unpaired) electrons. The minimum atomic E-state index is -0.0733. The Morgan fingerprint density at radius 3 is 1.91 bits per heavy atom. The molecule has 1 aliphatic rings. The Kier molecular flexibility index (Phi) is 9.12. The van der Waals surface area contributed by atoms with Crippen LogP contribution in [0.4, 0.5) is 0 Å². The first-order valence-corrected chi connectivity index (χ1v) is 12.3. The van der Waals surface area contributed by atoms with Crippen molar-refractivity contribution in [1.29, 1.82) is 0 Å². The summed E-state index contributed by atoms with van der Waals surface area (Å²) < 4.78 is 5.67. The van der Waals surface area contributed by atoms with E-state index in [-0.39, 0.29) is 12.5 Å². The molecule has 0 unspecified atom stereocenters. The molecule has 0 bridgehead atoms. The Morgan fingerprint density at radius 1 is 0.706 bits per heavy atom. The predicted octanol–water partition coefficient (Wildman–Crippen LogP) is 3.78. The van der Waals surface area contributed by atoms with Gasteiger partial charge in [-0.15, -0.1) is 0 Å². The number of amides is 1. The molecule has 1 heterocycles. The van der Waals surface area contributed by atoms with Gasteiger partial charge in [-0.25, -0.2) is 0 Å². The molecule has 0 spiro atoms. The lowest BCUT2D eigenvalue weighted by Crippen LogP contribution is -2.48. The average Bonchev–Trinajstić information content (AvgIpc) is 2.89. The summed E-state index contributed by atoms with van der Waals surface area (Å²) in [6.07, 6.45) is 2.01. The molecular formula is C29H35N3O2. The zero-order valence-corrected chi connectivity index (χ0v) is 19.9. The van der Waals surface area contributed by atoms with E-state index in [1.807, 2.05) is 18.2 Å². The summed E-state index contributed by atoms with van der Waals surface area (Å²) in [5, 5.41) is 2.98. The maximum absolute atomic E-state index is 12.2. The fraction of sp³-hybridized carbons (Fsp3) is 0.345. The Morgan fingerprint density at radius 2 is 1.26 bits per heavy atom. The molecule has 3 aromatic rings. The Balaban J connectivity index is 1.07. The van der Waals surface area contributed by atoms with Crippen LogP contribution >= 0.6 is 0 Å². The SMILES string of the molecule is O=C(COc1ccc(CCc2ccccc2)cc1)NCCN1CCN(Cc2ccccc2)CC1. The molecule has 1 amide bonds. The largest absolute Gasteiger partial charge is 0.484 e. The van der Waals surface area contributed by atoms with Crippen LogP contribution < -0.4 is 10.1 Å². The van der Waals surface area contributed by atoms with Gasteiger partial charge < -0.3 is 10.1 Å². The molecule has 0 atom stereocenters. The molecule has 1 saturated heterocycles. The quantitative estimate of drug-likeness (QED) is 0.476. The molecule has 0 aliphatic carbocycles. The lowest BCUT2D eigenvalue weighted by atomic mass is 10.0. The fourth-order valence-electron chi connectivity index (χ4n) is 4.25. The highest BCUT2D eigenvalue weighted by atomic mass is 16.5. The summed E-state index contributed by atoms with van der Waals surface area (Å²) in [5.41, 5.74) is 3.98. The summed E-state index contributed by atoms with van der Waals surface area (Å²) in [6.45, 7) is 6.79. The third kappa shape index (κ3) is 8.01. The van der Waals surface area contributed by atoms with Crippen LogP contribution in [0.3, 0.4) is 0 Å². The van der Waals surface area contributed by atoms with Gasteiger partial charge in [-0.1, -0.05) is 72.8 Å². The Labute approximate surface area is 203 Å². The van der Waals surface area contributed by atoms with Gasteiger partial charge >= 0.3 is 0 Å².